The number of nitrogens with zero attached hydrogens (tertiary/aromatic N) is 1. The zero-order valence-electron chi connectivity index (χ0n) is 6.95. The molecule has 0 aromatic carbocycles. The fraction of sp³-hybridized carbons (Fsp3) is 0.571. The van der Waals surface area contributed by atoms with Crippen LogP contribution in [0.15, 0.2) is 6.33 Å². The van der Waals surface area contributed by atoms with Crippen LogP contribution in [0.3, 0.4) is 0 Å². The molecule has 12 heavy (non-hydrogen) atoms. The van der Waals surface area contributed by atoms with Gasteiger partial charge >= 0.3 is 0 Å². The lowest BCUT2D eigenvalue weighted by Crippen LogP contribution is -2.13. The average Bonchev–Trinajstić information content (AvgIpc) is 2.36. The molecule has 5 heteroatoms. The lowest BCUT2D eigenvalue weighted by Gasteiger charge is -2.06. The first kappa shape index (κ1) is 11.4. The van der Waals surface area contributed by atoms with Crippen molar-refractivity contribution in [3.05, 3.63) is 17.7 Å². The Morgan fingerprint density at radius 2 is 2.42 bits per heavy atom. The SMILES string of the molecule is Cc1[nH]cnc1C(N)CCO.Cl. The number of nitrogens with two attached hydrogens (primary N) is 1. The summed E-state index contributed by atoms with van der Waals surface area (Å²) in [6.45, 7) is 2.02. The minimum Gasteiger partial charge on any atom is -0.396 e. The summed E-state index contributed by atoms with van der Waals surface area (Å²) in [6, 6.07) is -0.147. The Balaban J connectivity index is 0.00000121. The topological polar surface area (TPSA) is 74.9 Å². The standard InChI is InChI=1S/C7H13N3O.ClH/c1-5-7(10-4-9-5)6(8)2-3-11;/h4,6,11H,2-3,8H2,1H3,(H,9,10);1H. The third kappa shape index (κ3) is 2.48. The van der Waals surface area contributed by atoms with Gasteiger partial charge in [0.05, 0.1) is 18.1 Å². The van der Waals surface area contributed by atoms with E-state index in [1.807, 2.05) is 6.92 Å². The maximum atomic E-state index is 8.61. The highest BCUT2D eigenvalue weighted by atomic mass is 35.5. The summed E-state index contributed by atoms with van der Waals surface area (Å²) in [6.07, 6.45) is 2.17. The van der Waals surface area contributed by atoms with Crippen molar-refractivity contribution < 1.29 is 5.11 Å². The Labute approximate surface area is 77.6 Å². The van der Waals surface area contributed by atoms with Crippen LogP contribution in [0.1, 0.15) is 23.9 Å². The number of hydrogen-bond donors (Lipinski definition) is 3. The lowest BCUT2D eigenvalue weighted by atomic mass is 10.1. The first-order valence-electron chi connectivity index (χ1n) is 3.62. The van der Waals surface area contributed by atoms with Crippen LogP contribution >= 0.6 is 12.4 Å². The van der Waals surface area contributed by atoms with E-state index in [0.29, 0.717) is 6.42 Å². The summed E-state index contributed by atoms with van der Waals surface area (Å²) in [5, 5.41) is 8.61. The number of aryl methyl sites for hydroxylation is 1. The predicted molar refractivity (Wildman–Crippen MR) is 49.2 cm³/mol. The molecule has 1 aromatic heterocycles. The highest BCUT2D eigenvalue weighted by Crippen LogP contribution is 2.12. The molecular weight excluding hydrogens is 178 g/mol. The van der Waals surface area contributed by atoms with Crippen LogP contribution in [-0.2, 0) is 0 Å². The third-order valence-electron chi connectivity index (χ3n) is 1.66. The minimum atomic E-state index is -0.147. The Morgan fingerprint density at radius 3 is 2.83 bits per heavy atom. The third-order valence-corrected chi connectivity index (χ3v) is 1.66. The van der Waals surface area contributed by atoms with Crippen molar-refractivity contribution in [3.8, 4) is 0 Å². The van der Waals surface area contributed by atoms with Gasteiger partial charge in [0.1, 0.15) is 0 Å². The number of nitrogens with one attached hydrogen (secondary N) is 1. The highest BCUT2D eigenvalue weighted by molar-refractivity contribution is 5.85. The highest BCUT2D eigenvalue weighted by Gasteiger charge is 2.09. The molecule has 0 aliphatic heterocycles. The number of aromatic nitrogens is 2. The van der Waals surface area contributed by atoms with Crippen LogP contribution in [-0.4, -0.2) is 21.7 Å². The summed E-state index contributed by atoms with van der Waals surface area (Å²) < 4.78 is 0. The second-order valence-corrected chi connectivity index (χ2v) is 2.53. The fourth-order valence-corrected chi connectivity index (χ4v) is 1.02. The van der Waals surface area contributed by atoms with E-state index in [-0.39, 0.29) is 25.1 Å². The van der Waals surface area contributed by atoms with E-state index in [4.69, 9.17) is 10.8 Å². The molecule has 1 rings (SSSR count). The van der Waals surface area contributed by atoms with Gasteiger partial charge in [-0.25, -0.2) is 4.98 Å². The smallest absolute Gasteiger partial charge is 0.0925 e. The normalized spacial score (nSPS) is 12.2. The molecule has 0 amide bonds. The molecule has 0 aliphatic carbocycles. The predicted octanol–water partition coefficient (Wildman–Crippen LogP) is 0.522. The minimum absolute atomic E-state index is 0. The lowest BCUT2D eigenvalue weighted by molar-refractivity contribution is 0.275. The number of halogens is 1. The molecule has 70 valence electrons. The molecular formula is C7H14ClN3O. The molecule has 1 aromatic rings. The molecule has 1 heterocycles. The molecule has 4 N–H and O–H groups in total. The molecule has 1 atom stereocenters. The fourth-order valence-electron chi connectivity index (χ4n) is 1.02. The van der Waals surface area contributed by atoms with Crippen molar-refractivity contribution in [3.63, 3.8) is 0 Å². The number of imidazole rings is 1. The van der Waals surface area contributed by atoms with Crippen molar-refractivity contribution in [1.82, 2.24) is 9.97 Å². The summed E-state index contributed by atoms with van der Waals surface area (Å²) >= 11 is 0. The molecule has 0 fully saturated rings. The van der Waals surface area contributed by atoms with Crippen molar-refractivity contribution >= 4 is 12.4 Å². The van der Waals surface area contributed by atoms with Crippen LogP contribution in [0.5, 0.6) is 0 Å². The zero-order chi connectivity index (χ0) is 8.27. The second kappa shape index (κ2) is 5.13. The molecule has 0 bridgehead atoms. The Bertz CT molecular complexity index is 226. The quantitative estimate of drug-likeness (QED) is 0.652. The van der Waals surface area contributed by atoms with E-state index in [0.717, 1.165) is 11.4 Å². The Kier molecular flexibility index (Phi) is 4.89. The van der Waals surface area contributed by atoms with E-state index >= 15 is 0 Å². The van der Waals surface area contributed by atoms with Gasteiger partial charge in [0.25, 0.3) is 0 Å². The van der Waals surface area contributed by atoms with Gasteiger partial charge in [0.15, 0.2) is 0 Å². The molecule has 4 nitrogen and oxygen atoms in total. The molecule has 0 spiro atoms. The van der Waals surface area contributed by atoms with Gasteiger partial charge in [-0.15, -0.1) is 12.4 Å². The molecule has 0 saturated heterocycles. The van der Waals surface area contributed by atoms with Crippen LogP contribution < -0.4 is 5.73 Å². The number of aliphatic hydroxyl groups is 1. The van der Waals surface area contributed by atoms with Gasteiger partial charge in [0.2, 0.25) is 0 Å². The number of aromatic amines is 1. The largest absolute Gasteiger partial charge is 0.396 e. The van der Waals surface area contributed by atoms with Crippen LogP contribution in [0.4, 0.5) is 0 Å². The second-order valence-electron chi connectivity index (χ2n) is 2.53. The summed E-state index contributed by atoms with van der Waals surface area (Å²) in [7, 11) is 0. The van der Waals surface area contributed by atoms with E-state index < -0.39 is 0 Å². The molecule has 0 radical (unpaired) electrons. The number of aliphatic hydroxyl groups excluding tert-OH is 1. The Hall–Kier alpha value is -0.580. The molecule has 1 unspecified atom stereocenters. The van der Waals surface area contributed by atoms with Crippen LogP contribution in [0, 0.1) is 6.92 Å². The molecule has 0 aliphatic rings. The maximum Gasteiger partial charge on any atom is 0.0925 e. The summed E-state index contributed by atoms with van der Waals surface area (Å²) in [5.41, 5.74) is 7.53. The van der Waals surface area contributed by atoms with Crippen LogP contribution in [0.2, 0.25) is 0 Å². The Morgan fingerprint density at radius 1 is 1.75 bits per heavy atom. The van der Waals surface area contributed by atoms with Crippen molar-refractivity contribution in [1.29, 1.82) is 0 Å². The monoisotopic (exact) mass is 191 g/mol. The van der Waals surface area contributed by atoms with Crippen LogP contribution in [0.25, 0.3) is 0 Å². The van der Waals surface area contributed by atoms with E-state index in [9.17, 15) is 0 Å². The van der Waals surface area contributed by atoms with Gasteiger partial charge in [-0.05, 0) is 13.3 Å². The van der Waals surface area contributed by atoms with E-state index in [1.165, 1.54) is 0 Å². The number of hydrogen-bond acceptors (Lipinski definition) is 3. The average molecular weight is 192 g/mol. The van der Waals surface area contributed by atoms with E-state index in [1.54, 1.807) is 6.33 Å². The van der Waals surface area contributed by atoms with Gasteiger partial charge in [-0.3, -0.25) is 0 Å². The van der Waals surface area contributed by atoms with E-state index in [2.05, 4.69) is 9.97 Å². The zero-order valence-corrected chi connectivity index (χ0v) is 7.77. The van der Waals surface area contributed by atoms with Gasteiger partial charge in [-0.1, -0.05) is 0 Å². The number of H-pyrrole nitrogens is 1. The first-order valence-corrected chi connectivity index (χ1v) is 3.62. The van der Waals surface area contributed by atoms with Gasteiger partial charge in [0, 0.05) is 12.3 Å². The summed E-state index contributed by atoms with van der Waals surface area (Å²) in [5.74, 6) is 0. The number of rotatable bonds is 3. The van der Waals surface area contributed by atoms with Gasteiger partial charge in [-0.2, -0.15) is 0 Å². The molecule has 0 saturated carbocycles. The maximum absolute atomic E-state index is 8.61. The van der Waals surface area contributed by atoms with Crippen molar-refractivity contribution in [2.24, 2.45) is 5.73 Å². The van der Waals surface area contributed by atoms with Crippen molar-refractivity contribution in [2.75, 3.05) is 6.61 Å². The van der Waals surface area contributed by atoms with Gasteiger partial charge < -0.3 is 15.8 Å². The van der Waals surface area contributed by atoms with Crippen molar-refractivity contribution in [2.45, 2.75) is 19.4 Å². The summed E-state index contributed by atoms with van der Waals surface area (Å²) in [4.78, 5) is 6.98. The first-order chi connectivity index (χ1) is 5.25.